The monoisotopic (exact) mass is 220 g/mol. The highest BCUT2D eigenvalue weighted by Gasteiger charge is 2.28. The third kappa shape index (κ3) is 5.60. The van der Waals surface area contributed by atoms with E-state index in [4.69, 9.17) is 0 Å². The van der Waals surface area contributed by atoms with Gasteiger partial charge in [0.2, 0.25) is 0 Å². The molecule has 0 saturated heterocycles. The molecule has 1 rings (SSSR count). The SMILES string of the molecule is CS(=O)(=O)CCCCCC(O)C1CC1. The Bertz CT molecular complexity index is 255. The Morgan fingerprint density at radius 1 is 1.29 bits per heavy atom. The molecule has 4 heteroatoms. The van der Waals surface area contributed by atoms with Crippen LogP contribution in [0.1, 0.15) is 38.5 Å². The van der Waals surface area contributed by atoms with Crippen LogP contribution in [0.3, 0.4) is 0 Å². The zero-order chi connectivity index (χ0) is 10.6. The fraction of sp³-hybridized carbons (Fsp3) is 1.00. The van der Waals surface area contributed by atoms with Gasteiger partial charge in [-0.25, -0.2) is 8.42 Å². The molecule has 1 aliphatic carbocycles. The maximum Gasteiger partial charge on any atom is 0.147 e. The van der Waals surface area contributed by atoms with Crippen molar-refractivity contribution >= 4 is 9.84 Å². The Kier molecular flexibility index (Phi) is 4.38. The lowest BCUT2D eigenvalue weighted by molar-refractivity contribution is 0.138. The zero-order valence-corrected chi connectivity index (χ0v) is 9.59. The molecule has 1 fully saturated rings. The minimum atomic E-state index is -2.79. The van der Waals surface area contributed by atoms with Gasteiger partial charge in [0.05, 0.1) is 6.10 Å². The molecule has 1 aliphatic rings. The highest BCUT2D eigenvalue weighted by atomic mass is 32.2. The van der Waals surface area contributed by atoms with Gasteiger partial charge >= 0.3 is 0 Å². The molecule has 0 bridgehead atoms. The van der Waals surface area contributed by atoms with Crippen LogP contribution < -0.4 is 0 Å². The fourth-order valence-electron chi connectivity index (χ4n) is 1.61. The van der Waals surface area contributed by atoms with Gasteiger partial charge in [-0.2, -0.15) is 0 Å². The summed E-state index contributed by atoms with van der Waals surface area (Å²) >= 11 is 0. The summed E-state index contributed by atoms with van der Waals surface area (Å²) < 4.78 is 21.6. The molecule has 1 saturated carbocycles. The van der Waals surface area contributed by atoms with E-state index in [9.17, 15) is 13.5 Å². The van der Waals surface area contributed by atoms with Crippen molar-refractivity contribution in [3.63, 3.8) is 0 Å². The van der Waals surface area contributed by atoms with E-state index in [0.29, 0.717) is 5.92 Å². The first-order valence-electron chi connectivity index (χ1n) is 5.35. The molecule has 0 aromatic heterocycles. The lowest BCUT2D eigenvalue weighted by atomic mass is 10.1. The van der Waals surface area contributed by atoms with Gasteiger partial charge < -0.3 is 5.11 Å². The Hall–Kier alpha value is -0.0900. The van der Waals surface area contributed by atoms with Crippen LogP contribution in [-0.2, 0) is 9.84 Å². The summed E-state index contributed by atoms with van der Waals surface area (Å²) in [6, 6.07) is 0. The number of unbranched alkanes of at least 4 members (excludes halogenated alkanes) is 2. The molecule has 0 aromatic carbocycles. The Balaban J connectivity index is 1.93. The van der Waals surface area contributed by atoms with Crippen molar-refractivity contribution in [3.05, 3.63) is 0 Å². The lowest BCUT2D eigenvalue weighted by Gasteiger charge is -2.07. The van der Waals surface area contributed by atoms with Crippen molar-refractivity contribution in [1.29, 1.82) is 0 Å². The molecule has 0 aliphatic heterocycles. The summed E-state index contributed by atoms with van der Waals surface area (Å²) in [5, 5.41) is 9.53. The maximum absolute atomic E-state index is 10.8. The Labute approximate surface area is 86.4 Å². The van der Waals surface area contributed by atoms with Crippen LogP contribution in [0, 0.1) is 5.92 Å². The van der Waals surface area contributed by atoms with Gasteiger partial charge in [0.1, 0.15) is 9.84 Å². The van der Waals surface area contributed by atoms with Gasteiger partial charge in [0, 0.05) is 12.0 Å². The van der Waals surface area contributed by atoms with Crippen LogP contribution in [0.4, 0.5) is 0 Å². The lowest BCUT2D eigenvalue weighted by Crippen LogP contribution is -2.09. The molecule has 14 heavy (non-hydrogen) atoms. The summed E-state index contributed by atoms with van der Waals surface area (Å²) in [4.78, 5) is 0. The molecule has 0 radical (unpaired) electrons. The summed E-state index contributed by atoms with van der Waals surface area (Å²) in [7, 11) is -2.79. The van der Waals surface area contributed by atoms with E-state index in [-0.39, 0.29) is 11.9 Å². The van der Waals surface area contributed by atoms with Gasteiger partial charge in [-0.05, 0) is 31.6 Å². The number of aliphatic hydroxyl groups is 1. The first kappa shape index (κ1) is 12.0. The normalized spacial score (nSPS) is 19.6. The number of rotatable bonds is 7. The Morgan fingerprint density at radius 2 is 1.93 bits per heavy atom. The average molecular weight is 220 g/mol. The van der Waals surface area contributed by atoms with Gasteiger partial charge in [-0.1, -0.05) is 12.8 Å². The van der Waals surface area contributed by atoms with E-state index in [1.54, 1.807) is 0 Å². The second-order valence-corrected chi connectivity index (χ2v) is 6.64. The van der Waals surface area contributed by atoms with Crippen molar-refractivity contribution in [2.24, 2.45) is 5.92 Å². The Morgan fingerprint density at radius 3 is 2.43 bits per heavy atom. The smallest absolute Gasteiger partial charge is 0.147 e. The maximum atomic E-state index is 10.8. The zero-order valence-electron chi connectivity index (χ0n) is 8.78. The second-order valence-electron chi connectivity index (χ2n) is 4.38. The fourth-order valence-corrected chi connectivity index (χ4v) is 2.34. The quantitative estimate of drug-likeness (QED) is 0.659. The molecule has 84 valence electrons. The van der Waals surface area contributed by atoms with Crippen molar-refractivity contribution in [3.8, 4) is 0 Å². The van der Waals surface area contributed by atoms with Gasteiger partial charge in [0.25, 0.3) is 0 Å². The van der Waals surface area contributed by atoms with Crippen LogP contribution in [0.25, 0.3) is 0 Å². The number of hydrogen-bond acceptors (Lipinski definition) is 3. The molecule has 1 N–H and O–H groups in total. The summed E-state index contributed by atoms with van der Waals surface area (Å²) in [6.45, 7) is 0. The van der Waals surface area contributed by atoms with Crippen LogP contribution in [0.5, 0.6) is 0 Å². The summed E-state index contributed by atoms with van der Waals surface area (Å²) in [5.74, 6) is 0.830. The van der Waals surface area contributed by atoms with Crippen molar-refractivity contribution in [2.45, 2.75) is 44.6 Å². The van der Waals surface area contributed by atoms with Gasteiger partial charge in [0.15, 0.2) is 0 Å². The molecule has 1 atom stereocenters. The molecular weight excluding hydrogens is 200 g/mol. The van der Waals surface area contributed by atoms with Crippen molar-refractivity contribution in [2.75, 3.05) is 12.0 Å². The predicted octanol–water partition coefficient (Wildman–Crippen LogP) is 1.36. The minimum absolute atomic E-state index is 0.131. The average Bonchev–Trinajstić information content (AvgIpc) is 2.83. The van der Waals surface area contributed by atoms with Crippen molar-refractivity contribution < 1.29 is 13.5 Å². The molecule has 0 amide bonds. The highest BCUT2D eigenvalue weighted by molar-refractivity contribution is 7.90. The molecule has 0 heterocycles. The van der Waals surface area contributed by atoms with E-state index in [1.807, 2.05) is 0 Å². The van der Waals surface area contributed by atoms with Crippen LogP contribution in [0.2, 0.25) is 0 Å². The first-order chi connectivity index (χ1) is 6.49. The molecule has 0 spiro atoms. The first-order valence-corrected chi connectivity index (χ1v) is 7.41. The van der Waals surface area contributed by atoms with Crippen LogP contribution in [-0.4, -0.2) is 31.6 Å². The topological polar surface area (TPSA) is 54.4 Å². The van der Waals surface area contributed by atoms with E-state index in [1.165, 1.54) is 19.1 Å². The highest BCUT2D eigenvalue weighted by Crippen LogP contribution is 2.34. The number of aliphatic hydroxyl groups excluding tert-OH is 1. The van der Waals surface area contributed by atoms with E-state index >= 15 is 0 Å². The third-order valence-corrected chi connectivity index (χ3v) is 3.71. The van der Waals surface area contributed by atoms with Crippen LogP contribution >= 0.6 is 0 Å². The molecule has 1 unspecified atom stereocenters. The largest absolute Gasteiger partial charge is 0.393 e. The number of hydrogen-bond donors (Lipinski definition) is 1. The van der Waals surface area contributed by atoms with E-state index in [2.05, 4.69) is 0 Å². The van der Waals surface area contributed by atoms with Gasteiger partial charge in [-0.15, -0.1) is 0 Å². The standard InChI is InChI=1S/C10H20O3S/c1-14(12,13)8-4-2-3-5-10(11)9-6-7-9/h9-11H,2-8H2,1H3. The third-order valence-electron chi connectivity index (χ3n) is 2.68. The van der Waals surface area contributed by atoms with Gasteiger partial charge in [-0.3, -0.25) is 0 Å². The predicted molar refractivity (Wildman–Crippen MR) is 56.9 cm³/mol. The summed E-state index contributed by atoms with van der Waals surface area (Å²) in [6.07, 6.45) is 6.92. The molecular formula is C10H20O3S. The number of sulfone groups is 1. The van der Waals surface area contributed by atoms with Crippen LogP contribution in [0.15, 0.2) is 0 Å². The minimum Gasteiger partial charge on any atom is -0.393 e. The van der Waals surface area contributed by atoms with E-state index in [0.717, 1.165) is 25.7 Å². The van der Waals surface area contributed by atoms with Crippen molar-refractivity contribution in [1.82, 2.24) is 0 Å². The second kappa shape index (κ2) is 5.12. The summed E-state index contributed by atoms with van der Waals surface area (Å²) in [5.41, 5.74) is 0. The molecule has 3 nitrogen and oxygen atoms in total. The molecule has 0 aromatic rings. The van der Waals surface area contributed by atoms with E-state index < -0.39 is 9.84 Å².